The zero-order valence-corrected chi connectivity index (χ0v) is 12.4. The summed E-state index contributed by atoms with van der Waals surface area (Å²) in [6.07, 6.45) is 5.05. The maximum absolute atomic E-state index is 4.61. The number of aryl methyl sites for hydroxylation is 2. The van der Waals surface area contributed by atoms with Crippen molar-refractivity contribution in [2.24, 2.45) is 0 Å². The van der Waals surface area contributed by atoms with Crippen molar-refractivity contribution in [3.8, 4) is 0 Å². The van der Waals surface area contributed by atoms with Crippen LogP contribution in [-0.4, -0.2) is 35.6 Å². The first-order chi connectivity index (χ1) is 9.19. The largest absolute Gasteiger partial charge is 0.339 e. The Morgan fingerprint density at radius 1 is 1.26 bits per heavy atom. The second-order valence-electron chi connectivity index (χ2n) is 5.54. The van der Waals surface area contributed by atoms with Crippen LogP contribution in [0.25, 0.3) is 0 Å². The van der Waals surface area contributed by atoms with E-state index in [0.717, 1.165) is 43.4 Å². The van der Waals surface area contributed by atoms with E-state index in [1.807, 2.05) is 19.9 Å². The molecule has 0 spiro atoms. The average molecular weight is 262 g/mol. The number of rotatable bonds is 5. The highest BCUT2D eigenvalue weighted by Gasteiger charge is 2.18. The van der Waals surface area contributed by atoms with E-state index >= 15 is 0 Å². The molecule has 0 saturated carbocycles. The SMILES string of the molecule is CCCN(CC1CCCCN1)c1nc(C)cc(C)n1. The Morgan fingerprint density at radius 3 is 2.58 bits per heavy atom. The summed E-state index contributed by atoms with van der Waals surface area (Å²) in [5, 5.41) is 3.61. The van der Waals surface area contributed by atoms with Crippen molar-refractivity contribution in [3.63, 3.8) is 0 Å². The van der Waals surface area contributed by atoms with Gasteiger partial charge in [-0.3, -0.25) is 0 Å². The molecule has 4 heteroatoms. The molecule has 0 radical (unpaired) electrons. The van der Waals surface area contributed by atoms with Crippen LogP contribution in [0.1, 0.15) is 44.0 Å². The third-order valence-electron chi connectivity index (χ3n) is 3.60. The third kappa shape index (κ3) is 4.16. The Morgan fingerprint density at radius 2 is 2.00 bits per heavy atom. The highest BCUT2D eigenvalue weighted by molar-refractivity contribution is 5.32. The van der Waals surface area contributed by atoms with Gasteiger partial charge in [-0.05, 0) is 45.7 Å². The van der Waals surface area contributed by atoms with Gasteiger partial charge in [0.15, 0.2) is 0 Å². The van der Waals surface area contributed by atoms with Crippen LogP contribution >= 0.6 is 0 Å². The summed E-state index contributed by atoms with van der Waals surface area (Å²) in [7, 11) is 0. The molecule has 2 rings (SSSR count). The van der Waals surface area contributed by atoms with Crippen LogP contribution in [0.3, 0.4) is 0 Å². The zero-order chi connectivity index (χ0) is 13.7. The lowest BCUT2D eigenvalue weighted by atomic mass is 10.0. The fourth-order valence-electron chi connectivity index (χ4n) is 2.74. The Balaban J connectivity index is 2.09. The van der Waals surface area contributed by atoms with Gasteiger partial charge in [-0.25, -0.2) is 9.97 Å². The summed E-state index contributed by atoms with van der Waals surface area (Å²) in [6, 6.07) is 2.62. The topological polar surface area (TPSA) is 41.0 Å². The monoisotopic (exact) mass is 262 g/mol. The lowest BCUT2D eigenvalue weighted by molar-refractivity contribution is 0.397. The zero-order valence-electron chi connectivity index (χ0n) is 12.4. The van der Waals surface area contributed by atoms with E-state index in [0.29, 0.717) is 6.04 Å². The summed E-state index contributed by atoms with van der Waals surface area (Å²) in [5.74, 6) is 0.895. The summed E-state index contributed by atoms with van der Waals surface area (Å²) in [5.41, 5.74) is 2.11. The van der Waals surface area contributed by atoms with Crippen LogP contribution in [0.2, 0.25) is 0 Å². The Hall–Kier alpha value is -1.16. The van der Waals surface area contributed by atoms with Gasteiger partial charge in [0.05, 0.1) is 0 Å². The van der Waals surface area contributed by atoms with E-state index in [1.165, 1.54) is 19.3 Å². The number of aromatic nitrogens is 2. The fourth-order valence-corrected chi connectivity index (χ4v) is 2.74. The molecule has 1 aromatic heterocycles. The number of nitrogens with zero attached hydrogens (tertiary/aromatic N) is 3. The van der Waals surface area contributed by atoms with Crippen molar-refractivity contribution in [3.05, 3.63) is 17.5 Å². The van der Waals surface area contributed by atoms with Crippen LogP contribution in [0.15, 0.2) is 6.07 Å². The van der Waals surface area contributed by atoms with Gasteiger partial charge in [0, 0.05) is 30.5 Å². The van der Waals surface area contributed by atoms with Gasteiger partial charge in [-0.2, -0.15) is 0 Å². The average Bonchev–Trinajstić information content (AvgIpc) is 2.38. The van der Waals surface area contributed by atoms with Crippen molar-refractivity contribution in [1.29, 1.82) is 0 Å². The quantitative estimate of drug-likeness (QED) is 0.885. The van der Waals surface area contributed by atoms with Crippen molar-refractivity contribution >= 4 is 5.95 Å². The molecule has 0 aromatic carbocycles. The minimum atomic E-state index is 0.588. The summed E-state index contributed by atoms with van der Waals surface area (Å²) < 4.78 is 0. The van der Waals surface area contributed by atoms with E-state index in [4.69, 9.17) is 0 Å². The normalized spacial score (nSPS) is 19.4. The maximum atomic E-state index is 4.61. The molecule has 1 fully saturated rings. The lowest BCUT2D eigenvalue weighted by Crippen LogP contribution is -2.44. The summed E-state index contributed by atoms with van der Waals surface area (Å²) in [4.78, 5) is 11.5. The highest BCUT2D eigenvalue weighted by atomic mass is 15.3. The van der Waals surface area contributed by atoms with Crippen molar-refractivity contribution in [2.45, 2.75) is 52.5 Å². The first kappa shape index (κ1) is 14.3. The highest BCUT2D eigenvalue weighted by Crippen LogP contribution is 2.14. The number of anilines is 1. The number of nitrogens with one attached hydrogen (secondary N) is 1. The predicted molar refractivity (Wildman–Crippen MR) is 79.7 cm³/mol. The second-order valence-corrected chi connectivity index (χ2v) is 5.54. The number of hydrogen-bond donors (Lipinski definition) is 1. The molecule has 1 unspecified atom stereocenters. The number of hydrogen-bond acceptors (Lipinski definition) is 4. The van der Waals surface area contributed by atoms with Crippen LogP contribution in [0, 0.1) is 13.8 Å². The van der Waals surface area contributed by atoms with E-state index in [-0.39, 0.29) is 0 Å². The predicted octanol–water partition coefficient (Wildman–Crippen LogP) is 2.45. The third-order valence-corrected chi connectivity index (χ3v) is 3.60. The lowest BCUT2D eigenvalue weighted by Gasteiger charge is -2.30. The molecule has 106 valence electrons. The first-order valence-corrected chi connectivity index (χ1v) is 7.49. The maximum Gasteiger partial charge on any atom is 0.225 e. The summed E-state index contributed by atoms with van der Waals surface area (Å²) >= 11 is 0. The van der Waals surface area contributed by atoms with Crippen molar-refractivity contribution in [2.75, 3.05) is 24.5 Å². The van der Waals surface area contributed by atoms with Gasteiger partial charge >= 0.3 is 0 Å². The van der Waals surface area contributed by atoms with Crippen LogP contribution in [0.5, 0.6) is 0 Å². The van der Waals surface area contributed by atoms with Crippen molar-refractivity contribution in [1.82, 2.24) is 15.3 Å². The molecule has 1 aromatic rings. The minimum absolute atomic E-state index is 0.588. The molecule has 1 saturated heterocycles. The van der Waals surface area contributed by atoms with Gasteiger partial charge in [0.1, 0.15) is 0 Å². The smallest absolute Gasteiger partial charge is 0.225 e. The minimum Gasteiger partial charge on any atom is -0.339 e. The molecule has 1 atom stereocenters. The summed E-state index contributed by atoms with van der Waals surface area (Å²) in [6.45, 7) is 9.50. The fraction of sp³-hybridized carbons (Fsp3) is 0.733. The molecule has 1 N–H and O–H groups in total. The van der Waals surface area contributed by atoms with Gasteiger partial charge in [0.2, 0.25) is 5.95 Å². The first-order valence-electron chi connectivity index (χ1n) is 7.49. The molecule has 0 aliphatic carbocycles. The molecule has 4 nitrogen and oxygen atoms in total. The van der Waals surface area contributed by atoms with Gasteiger partial charge in [-0.1, -0.05) is 13.3 Å². The molecular formula is C15H26N4. The second kappa shape index (κ2) is 6.85. The number of piperidine rings is 1. The molecule has 0 bridgehead atoms. The van der Waals surface area contributed by atoms with E-state index < -0.39 is 0 Å². The van der Waals surface area contributed by atoms with E-state index in [2.05, 4.69) is 27.1 Å². The Labute approximate surface area is 116 Å². The molecule has 2 heterocycles. The van der Waals surface area contributed by atoms with Crippen LogP contribution in [0.4, 0.5) is 5.95 Å². The van der Waals surface area contributed by atoms with Crippen LogP contribution < -0.4 is 10.2 Å². The van der Waals surface area contributed by atoms with Crippen LogP contribution in [-0.2, 0) is 0 Å². The van der Waals surface area contributed by atoms with Crippen molar-refractivity contribution < 1.29 is 0 Å². The standard InChI is InChI=1S/C15H26N4/c1-4-9-19(11-14-7-5-6-8-16-14)15-17-12(2)10-13(3)18-15/h10,14,16H,4-9,11H2,1-3H3. The Kier molecular flexibility index (Phi) is 5.14. The molecule has 1 aliphatic rings. The van der Waals surface area contributed by atoms with Gasteiger partial charge < -0.3 is 10.2 Å². The van der Waals surface area contributed by atoms with E-state index in [1.54, 1.807) is 0 Å². The van der Waals surface area contributed by atoms with E-state index in [9.17, 15) is 0 Å². The molecule has 1 aliphatic heterocycles. The Bertz CT molecular complexity index is 379. The molecule has 19 heavy (non-hydrogen) atoms. The molecule has 0 amide bonds. The molecular weight excluding hydrogens is 236 g/mol. The van der Waals surface area contributed by atoms with Gasteiger partial charge in [-0.15, -0.1) is 0 Å². The van der Waals surface area contributed by atoms with Gasteiger partial charge in [0.25, 0.3) is 0 Å².